The second-order valence-corrected chi connectivity index (χ2v) is 4.27. The molecule has 2 N–H and O–H groups in total. The van der Waals surface area contributed by atoms with Crippen molar-refractivity contribution in [3.05, 3.63) is 35.8 Å². The SMILES string of the molecule is CCCNCc1cc(-c2c(F)cccc2OC)n[nH]1. The summed E-state index contributed by atoms with van der Waals surface area (Å²) in [7, 11) is 1.52. The normalized spacial score (nSPS) is 10.7. The number of methoxy groups -OCH3 is 1. The molecular formula is C14H18FN3O. The summed E-state index contributed by atoms with van der Waals surface area (Å²) in [4.78, 5) is 0. The van der Waals surface area contributed by atoms with Crippen molar-refractivity contribution >= 4 is 0 Å². The number of aromatic nitrogens is 2. The van der Waals surface area contributed by atoms with E-state index in [2.05, 4.69) is 22.4 Å². The third-order valence-electron chi connectivity index (χ3n) is 2.82. The average Bonchev–Trinajstić information content (AvgIpc) is 2.87. The minimum absolute atomic E-state index is 0.334. The highest BCUT2D eigenvalue weighted by Gasteiger charge is 2.14. The van der Waals surface area contributed by atoms with Gasteiger partial charge in [-0.15, -0.1) is 0 Å². The first-order valence-corrected chi connectivity index (χ1v) is 6.34. The predicted octanol–water partition coefficient (Wildman–Crippen LogP) is 2.72. The van der Waals surface area contributed by atoms with Gasteiger partial charge in [-0.2, -0.15) is 5.10 Å². The van der Waals surface area contributed by atoms with Crippen LogP contribution in [0, 0.1) is 5.82 Å². The zero-order valence-corrected chi connectivity index (χ0v) is 11.2. The van der Waals surface area contributed by atoms with Crippen molar-refractivity contribution in [1.82, 2.24) is 15.5 Å². The van der Waals surface area contributed by atoms with Crippen molar-refractivity contribution in [3.63, 3.8) is 0 Å². The number of nitrogens with one attached hydrogen (secondary N) is 2. The smallest absolute Gasteiger partial charge is 0.136 e. The molecule has 0 aliphatic rings. The molecule has 0 unspecified atom stereocenters. The average molecular weight is 263 g/mol. The van der Waals surface area contributed by atoms with Crippen molar-refractivity contribution in [2.45, 2.75) is 19.9 Å². The maximum Gasteiger partial charge on any atom is 0.136 e. The molecule has 2 rings (SSSR count). The Morgan fingerprint density at radius 2 is 2.26 bits per heavy atom. The summed E-state index contributed by atoms with van der Waals surface area (Å²) in [5, 5.41) is 10.3. The van der Waals surface area contributed by atoms with E-state index in [9.17, 15) is 4.39 Å². The summed E-state index contributed by atoms with van der Waals surface area (Å²) >= 11 is 0. The van der Waals surface area contributed by atoms with E-state index >= 15 is 0 Å². The monoisotopic (exact) mass is 263 g/mol. The molecule has 0 radical (unpaired) electrons. The number of rotatable bonds is 6. The lowest BCUT2D eigenvalue weighted by molar-refractivity contribution is 0.413. The molecule has 19 heavy (non-hydrogen) atoms. The number of nitrogens with zero attached hydrogens (tertiary/aromatic N) is 1. The molecule has 0 atom stereocenters. The van der Waals surface area contributed by atoms with Crippen LogP contribution in [0.25, 0.3) is 11.3 Å². The number of benzene rings is 1. The molecule has 0 fully saturated rings. The lowest BCUT2D eigenvalue weighted by Crippen LogP contribution is -2.13. The highest BCUT2D eigenvalue weighted by Crippen LogP contribution is 2.31. The second kappa shape index (κ2) is 6.33. The van der Waals surface area contributed by atoms with Crippen LogP contribution in [0.15, 0.2) is 24.3 Å². The van der Waals surface area contributed by atoms with Crippen LogP contribution < -0.4 is 10.1 Å². The number of aromatic amines is 1. The Morgan fingerprint density at radius 3 is 3.00 bits per heavy atom. The number of ether oxygens (including phenoxy) is 1. The topological polar surface area (TPSA) is 49.9 Å². The fourth-order valence-electron chi connectivity index (χ4n) is 1.90. The third-order valence-corrected chi connectivity index (χ3v) is 2.82. The summed E-state index contributed by atoms with van der Waals surface area (Å²) in [6.07, 6.45) is 1.07. The van der Waals surface area contributed by atoms with Gasteiger partial charge in [-0.1, -0.05) is 13.0 Å². The molecule has 4 nitrogen and oxygen atoms in total. The first kappa shape index (κ1) is 13.5. The molecule has 1 aromatic carbocycles. The molecule has 1 aromatic heterocycles. The van der Waals surface area contributed by atoms with Crippen LogP contribution in [0.5, 0.6) is 5.75 Å². The highest BCUT2D eigenvalue weighted by molar-refractivity contribution is 5.68. The molecule has 5 heteroatoms. The molecule has 0 amide bonds. The summed E-state index contributed by atoms with van der Waals surface area (Å²) in [5.74, 6) is 0.151. The molecule has 0 aliphatic carbocycles. The Bertz CT molecular complexity index is 539. The third kappa shape index (κ3) is 3.12. The molecule has 0 aliphatic heterocycles. The Balaban J connectivity index is 2.23. The van der Waals surface area contributed by atoms with Crippen LogP contribution in [0.4, 0.5) is 4.39 Å². The summed E-state index contributed by atoms with van der Waals surface area (Å²) in [6, 6.07) is 6.58. The first-order chi connectivity index (χ1) is 9.26. The molecule has 1 heterocycles. The second-order valence-electron chi connectivity index (χ2n) is 4.27. The summed E-state index contributed by atoms with van der Waals surface area (Å²) in [5.41, 5.74) is 1.87. The van der Waals surface area contributed by atoms with Gasteiger partial charge in [0.25, 0.3) is 0 Å². The van der Waals surface area contributed by atoms with E-state index in [1.165, 1.54) is 13.2 Å². The Kier molecular flexibility index (Phi) is 4.52. The molecular weight excluding hydrogens is 245 g/mol. The van der Waals surface area contributed by atoms with E-state index in [-0.39, 0.29) is 5.82 Å². The minimum Gasteiger partial charge on any atom is -0.496 e. The van der Waals surface area contributed by atoms with Gasteiger partial charge in [-0.3, -0.25) is 5.10 Å². The fraction of sp³-hybridized carbons (Fsp3) is 0.357. The number of H-pyrrole nitrogens is 1. The fourth-order valence-corrected chi connectivity index (χ4v) is 1.90. The first-order valence-electron chi connectivity index (χ1n) is 6.34. The van der Waals surface area contributed by atoms with Gasteiger partial charge in [-0.05, 0) is 31.2 Å². The van der Waals surface area contributed by atoms with Crippen LogP contribution in [0.1, 0.15) is 19.0 Å². The highest BCUT2D eigenvalue weighted by atomic mass is 19.1. The van der Waals surface area contributed by atoms with Crippen molar-refractivity contribution in [3.8, 4) is 17.0 Å². The van der Waals surface area contributed by atoms with Gasteiger partial charge in [0.1, 0.15) is 11.6 Å². The molecule has 0 spiro atoms. The molecule has 0 bridgehead atoms. The Hall–Kier alpha value is -1.88. The lowest BCUT2D eigenvalue weighted by Gasteiger charge is -2.06. The van der Waals surface area contributed by atoms with Gasteiger partial charge in [-0.25, -0.2) is 4.39 Å². The molecule has 0 saturated carbocycles. The van der Waals surface area contributed by atoms with Gasteiger partial charge in [0.05, 0.1) is 18.4 Å². The zero-order valence-electron chi connectivity index (χ0n) is 11.2. The van der Waals surface area contributed by atoms with Gasteiger partial charge >= 0.3 is 0 Å². The van der Waals surface area contributed by atoms with Gasteiger partial charge in [0.15, 0.2) is 0 Å². The van der Waals surface area contributed by atoms with Crippen LogP contribution in [-0.2, 0) is 6.54 Å². The Labute approximate surface area is 112 Å². The predicted molar refractivity (Wildman–Crippen MR) is 72.5 cm³/mol. The van der Waals surface area contributed by atoms with Crippen LogP contribution in [-0.4, -0.2) is 23.9 Å². The molecule has 0 saturated heterocycles. The van der Waals surface area contributed by atoms with Crippen molar-refractivity contribution in [1.29, 1.82) is 0 Å². The maximum atomic E-state index is 13.9. The quantitative estimate of drug-likeness (QED) is 0.788. The number of hydrogen-bond donors (Lipinski definition) is 2. The van der Waals surface area contributed by atoms with E-state index in [1.54, 1.807) is 12.1 Å². The van der Waals surface area contributed by atoms with Crippen LogP contribution >= 0.6 is 0 Å². The summed E-state index contributed by atoms with van der Waals surface area (Å²) in [6.45, 7) is 3.74. The van der Waals surface area contributed by atoms with Crippen molar-refractivity contribution in [2.75, 3.05) is 13.7 Å². The number of hydrogen-bond acceptors (Lipinski definition) is 3. The number of halogens is 1. The molecule has 102 valence electrons. The minimum atomic E-state index is -0.334. The lowest BCUT2D eigenvalue weighted by atomic mass is 10.1. The Morgan fingerprint density at radius 1 is 1.42 bits per heavy atom. The van der Waals surface area contributed by atoms with Crippen molar-refractivity contribution in [2.24, 2.45) is 0 Å². The maximum absolute atomic E-state index is 13.9. The largest absolute Gasteiger partial charge is 0.496 e. The van der Waals surface area contributed by atoms with Crippen LogP contribution in [0.3, 0.4) is 0 Å². The van der Waals surface area contributed by atoms with Crippen LogP contribution in [0.2, 0.25) is 0 Å². The molecule has 2 aromatic rings. The van der Waals surface area contributed by atoms with Gasteiger partial charge < -0.3 is 10.1 Å². The zero-order chi connectivity index (χ0) is 13.7. The van der Waals surface area contributed by atoms with E-state index in [0.717, 1.165) is 18.7 Å². The standard InChI is InChI=1S/C14H18FN3O/c1-3-7-16-9-10-8-12(18-17-10)14-11(15)5-4-6-13(14)19-2/h4-6,8,16H,3,7,9H2,1-2H3,(H,17,18). The van der Waals surface area contributed by atoms with E-state index in [0.29, 0.717) is 23.6 Å². The van der Waals surface area contributed by atoms with Gasteiger partial charge in [0.2, 0.25) is 0 Å². The van der Waals surface area contributed by atoms with E-state index in [4.69, 9.17) is 4.74 Å². The van der Waals surface area contributed by atoms with Gasteiger partial charge in [0, 0.05) is 12.2 Å². The van der Waals surface area contributed by atoms with E-state index in [1.807, 2.05) is 6.07 Å². The van der Waals surface area contributed by atoms with Crippen molar-refractivity contribution < 1.29 is 9.13 Å². The summed E-state index contributed by atoms with van der Waals surface area (Å²) < 4.78 is 19.1. The van der Waals surface area contributed by atoms with E-state index < -0.39 is 0 Å².